The maximum absolute atomic E-state index is 13.5. The van der Waals surface area contributed by atoms with Gasteiger partial charge >= 0.3 is 0 Å². The Bertz CT molecular complexity index is 341. The first-order chi connectivity index (χ1) is 7.19. The maximum Gasteiger partial charge on any atom is 0.128 e. The zero-order valence-electron chi connectivity index (χ0n) is 8.34. The quantitative estimate of drug-likeness (QED) is 0.759. The molecule has 1 rings (SSSR count). The minimum Gasteiger partial charge on any atom is -0.329 e. The first kappa shape index (κ1) is 12.2. The van der Waals surface area contributed by atoms with Gasteiger partial charge in [-0.3, -0.25) is 0 Å². The lowest BCUT2D eigenvalue weighted by Gasteiger charge is -2.17. The Kier molecular flexibility index (Phi) is 4.75. The first-order valence-electron chi connectivity index (χ1n) is 4.68. The molecule has 1 unspecified atom stereocenters. The minimum absolute atomic E-state index is 0.235. The van der Waals surface area contributed by atoms with Gasteiger partial charge < -0.3 is 11.1 Å². The van der Waals surface area contributed by atoms with E-state index in [1.165, 1.54) is 12.1 Å². The molecule has 0 aromatic heterocycles. The summed E-state index contributed by atoms with van der Waals surface area (Å²) in [5.74, 6) is -0.300. The average molecular weight is 229 g/mol. The molecule has 2 nitrogen and oxygen atoms in total. The molecule has 0 bridgehead atoms. The fraction of sp³-hybridized carbons (Fsp3) is 0.273. The Morgan fingerprint density at radius 3 is 2.93 bits per heavy atom. The van der Waals surface area contributed by atoms with E-state index in [9.17, 15) is 4.39 Å². The van der Waals surface area contributed by atoms with Gasteiger partial charge in [-0.25, -0.2) is 4.39 Å². The van der Waals surface area contributed by atoms with Crippen molar-refractivity contribution in [3.63, 3.8) is 0 Å². The second-order valence-corrected chi connectivity index (χ2v) is 3.59. The van der Waals surface area contributed by atoms with E-state index in [0.29, 0.717) is 23.7 Å². The predicted molar refractivity (Wildman–Crippen MR) is 61.4 cm³/mol. The van der Waals surface area contributed by atoms with Crippen molar-refractivity contribution < 1.29 is 4.39 Å². The molecule has 1 aromatic carbocycles. The third-order valence-corrected chi connectivity index (χ3v) is 2.31. The van der Waals surface area contributed by atoms with Gasteiger partial charge in [0.05, 0.1) is 0 Å². The number of nitrogens with two attached hydrogens (primary N) is 1. The topological polar surface area (TPSA) is 38.0 Å². The van der Waals surface area contributed by atoms with Gasteiger partial charge in [0.2, 0.25) is 0 Å². The van der Waals surface area contributed by atoms with Gasteiger partial charge in [-0.1, -0.05) is 17.7 Å². The summed E-state index contributed by atoms with van der Waals surface area (Å²) in [6.45, 7) is 4.47. The molecule has 0 amide bonds. The standard InChI is InChI=1S/C11H14ClFN2/c1-2-5-15-11(7-14)9-6-8(12)3-4-10(9)13/h2-4,6,11,15H,1,5,7,14H2. The zero-order chi connectivity index (χ0) is 11.3. The summed E-state index contributed by atoms with van der Waals surface area (Å²) in [7, 11) is 0. The fourth-order valence-electron chi connectivity index (χ4n) is 1.33. The van der Waals surface area contributed by atoms with Crippen molar-refractivity contribution in [2.75, 3.05) is 13.1 Å². The normalized spacial score (nSPS) is 12.5. The highest BCUT2D eigenvalue weighted by molar-refractivity contribution is 6.30. The Balaban J connectivity index is 2.89. The van der Waals surface area contributed by atoms with E-state index in [4.69, 9.17) is 17.3 Å². The van der Waals surface area contributed by atoms with E-state index in [-0.39, 0.29) is 11.9 Å². The van der Waals surface area contributed by atoms with Crippen molar-refractivity contribution in [1.29, 1.82) is 0 Å². The van der Waals surface area contributed by atoms with Crippen LogP contribution in [0.1, 0.15) is 11.6 Å². The number of halogens is 2. The summed E-state index contributed by atoms with van der Waals surface area (Å²) in [6.07, 6.45) is 1.70. The summed E-state index contributed by atoms with van der Waals surface area (Å²) < 4.78 is 13.5. The van der Waals surface area contributed by atoms with E-state index in [1.807, 2.05) is 0 Å². The molecule has 0 saturated carbocycles. The van der Waals surface area contributed by atoms with Crippen LogP contribution in [0.5, 0.6) is 0 Å². The van der Waals surface area contributed by atoms with Crippen LogP contribution in [-0.2, 0) is 0 Å². The van der Waals surface area contributed by atoms with Crippen LogP contribution in [0.3, 0.4) is 0 Å². The molecule has 0 aliphatic carbocycles. The highest BCUT2D eigenvalue weighted by Gasteiger charge is 2.13. The molecule has 0 saturated heterocycles. The van der Waals surface area contributed by atoms with E-state index in [1.54, 1.807) is 12.1 Å². The number of benzene rings is 1. The van der Waals surface area contributed by atoms with Crippen LogP contribution in [-0.4, -0.2) is 13.1 Å². The third-order valence-electron chi connectivity index (χ3n) is 2.08. The molecule has 0 aliphatic rings. The van der Waals surface area contributed by atoms with Gasteiger partial charge in [0.25, 0.3) is 0 Å². The van der Waals surface area contributed by atoms with Crippen LogP contribution in [0, 0.1) is 5.82 Å². The number of nitrogens with one attached hydrogen (secondary N) is 1. The SMILES string of the molecule is C=CCNC(CN)c1cc(Cl)ccc1F. The maximum atomic E-state index is 13.5. The third kappa shape index (κ3) is 3.30. The van der Waals surface area contributed by atoms with Gasteiger partial charge in [0, 0.05) is 29.7 Å². The van der Waals surface area contributed by atoms with Crippen molar-refractivity contribution in [3.05, 3.63) is 47.3 Å². The van der Waals surface area contributed by atoms with E-state index in [0.717, 1.165) is 0 Å². The largest absolute Gasteiger partial charge is 0.329 e. The average Bonchev–Trinajstić information content (AvgIpc) is 2.24. The molecule has 0 aliphatic heterocycles. The lowest BCUT2D eigenvalue weighted by Crippen LogP contribution is -2.29. The van der Waals surface area contributed by atoms with Crippen LogP contribution < -0.4 is 11.1 Å². The van der Waals surface area contributed by atoms with Crippen molar-refractivity contribution in [1.82, 2.24) is 5.32 Å². The molecular formula is C11H14ClFN2. The number of rotatable bonds is 5. The van der Waals surface area contributed by atoms with Crippen molar-refractivity contribution in [2.45, 2.75) is 6.04 Å². The molecular weight excluding hydrogens is 215 g/mol. The molecule has 0 fully saturated rings. The Morgan fingerprint density at radius 1 is 1.60 bits per heavy atom. The van der Waals surface area contributed by atoms with Crippen LogP contribution >= 0.6 is 11.6 Å². The zero-order valence-corrected chi connectivity index (χ0v) is 9.10. The lowest BCUT2D eigenvalue weighted by molar-refractivity contribution is 0.528. The van der Waals surface area contributed by atoms with Crippen LogP contribution in [0.25, 0.3) is 0 Å². The fourth-order valence-corrected chi connectivity index (χ4v) is 1.51. The van der Waals surface area contributed by atoms with Gasteiger partial charge in [-0.05, 0) is 18.2 Å². The Morgan fingerprint density at radius 2 is 2.33 bits per heavy atom. The van der Waals surface area contributed by atoms with Crippen molar-refractivity contribution >= 4 is 11.6 Å². The van der Waals surface area contributed by atoms with Crippen molar-refractivity contribution in [3.8, 4) is 0 Å². The minimum atomic E-state index is -0.300. The smallest absolute Gasteiger partial charge is 0.128 e. The van der Waals surface area contributed by atoms with Crippen LogP contribution in [0.2, 0.25) is 5.02 Å². The molecule has 82 valence electrons. The summed E-state index contributed by atoms with van der Waals surface area (Å²) in [5, 5.41) is 3.57. The molecule has 0 spiro atoms. The summed E-state index contributed by atoms with van der Waals surface area (Å²) in [5.41, 5.74) is 6.05. The van der Waals surface area contributed by atoms with Crippen LogP contribution in [0.15, 0.2) is 30.9 Å². The molecule has 4 heteroatoms. The lowest BCUT2D eigenvalue weighted by atomic mass is 10.1. The van der Waals surface area contributed by atoms with Crippen molar-refractivity contribution in [2.24, 2.45) is 5.73 Å². The van der Waals surface area contributed by atoms with Crippen LogP contribution in [0.4, 0.5) is 4.39 Å². The summed E-state index contributed by atoms with van der Waals surface area (Å²) in [4.78, 5) is 0. The van der Waals surface area contributed by atoms with Gasteiger partial charge in [0.15, 0.2) is 0 Å². The second-order valence-electron chi connectivity index (χ2n) is 3.15. The molecule has 0 radical (unpaired) electrons. The van der Waals surface area contributed by atoms with Gasteiger partial charge in [-0.15, -0.1) is 6.58 Å². The monoisotopic (exact) mass is 228 g/mol. The Hall–Kier alpha value is -0.900. The summed E-state index contributed by atoms with van der Waals surface area (Å²) >= 11 is 5.80. The van der Waals surface area contributed by atoms with Gasteiger partial charge in [-0.2, -0.15) is 0 Å². The number of hydrogen-bond donors (Lipinski definition) is 2. The van der Waals surface area contributed by atoms with Gasteiger partial charge in [0.1, 0.15) is 5.82 Å². The molecule has 1 aromatic rings. The molecule has 15 heavy (non-hydrogen) atoms. The molecule has 1 atom stereocenters. The first-order valence-corrected chi connectivity index (χ1v) is 5.06. The van der Waals surface area contributed by atoms with E-state index in [2.05, 4.69) is 11.9 Å². The molecule has 0 heterocycles. The number of hydrogen-bond acceptors (Lipinski definition) is 2. The molecule has 3 N–H and O–H groups in total. The predicted octanol–water partition coefficient (Wildman–Crippen LogP) is 2.25. The second kappa shape index (κ2) is 5.85. The highest BCUT2D eigenvalue weighted by Crippen LogP contribution is 2.20. The Labute approximate surface area is 93.9 Å². The summed E-state index contributed by atoms with van der Waals surface area (Å²) in [6, 6.07) is 4.21. The van der Waals surface area contributed by atoms with E-state index < -0.39 is 0 Å². The highest BCUT2D eigenvalue weighted by atomic mass is 35.5. The van der Waals surface area contributed by atoms with E-state index >= 15 is 0 Å².